The van der Waals surface area contributed by atoms with E-state index in [2.05, 4.69) is 42.2 Å². The fourth-order valence-corrected chi connectivity index (χ4v) is 5.31. The summed E-state index contributed by atoms with van der Waals surface area (Å²) in [6.07, 6.45) is 6.53. The number of unbranched alkanes of at least 4 members (excludes halogenated alkanes) is 1. The Morgan fingerprint density at radius 1 is 0.976 bits per heavy atom. The molecule has 1 unspecified atom stereocenters. The molecule has 0 saturated heterocycles. The normalized spacial score (nSPS) is 17.7. The third-order valence-corrected chi connectivity index (χ3v) is 7.42. The first-order chi connectivity index (χ1) is 19.9. The smallest absolute Gasteiger partial charge is 0.306 e. The molecule has 1 aliphatic carbocycles. The van der Waals surface area contributed by atoms with Crippen LogP contribution in [0.4, 0.5) is 0 Å². The Hall–Kier alpha value is -3.88. The topological polar surface area (TPSA) is 72.8 Å². The highest BCUT2D eigenvalue weighted by Crippen LogP contribution is 2.32. The van der Waals surface area contributed by atoms with Crippen LogP contribution in [0.1, 0.15) is 57.9 Å². The molecule has 0 aliphatic heterocycles. The minimum Gasteiger partial charge on any atom is -0.490 e. The lowest BCUT2D eigenvalue weighted by Gasteiger charge is -2.24. The monoisotopic (exact) mass is 552 g/mol. The lowest BCUT2D eigenvalue weighted by Crippen LogP contribution is -2.28. The second kappa shape index (κ2) is 15.2. The van der Waals surface area contributed by atoms with Gasteiger partial charge in [0, 0.05) is 30.1 Å². The van der Waals surface area contributed by atoms with Crippen LogP contribution in [0, 0.1) is 23.7 Å². The van der Waals surface area contributed by atoms with E-state index in [1.807, 2.05) is 56.3 Å². The van der Waals surface area contributed by atoms with Crippen molar-refractivity contribution in [2.75, 3.05) is 0 Å². The predicted octanol–water partition coefficient (Wildman–Crippen LogP) is 6.86. The van der Waals surface area contributed by atoms with Crippen molar-refractivity contribution < 1.29 is 24.2 Å². The number of aryl methyl sites for hydroxylation is 1. The maximum Gasteiger partial charge on any atom is 0.306 e. The number of aliphatic hydroxyl groups is 1. The fourth-order valence-electron chi connectivity index (χ4n) is 5.31. The second-order valence-electron chi connectivity index (χ2n) is 10.9. The van der Waals surface area contributed by atoms with Crippen molar-refractivity contribution in [2.45, 2.75) is 77.1 Å². The van der Waals surface area contributed by atoms with Crippen LogP contribution >= 0.6 is 0 Å². The zero-order chi connectivity index (χ0) is 29.0. The third-order valence-electron chi connectivity index (χ3n) is 7.42. The molecule has 0 heterocycles. The summed E-state index contributed by atoms with van der Waals surface area (Å²) < 4.78 is 11.8. The van der Waals surface area contributed by atoms with Gasteiger partial charge in [-0.25, -0.2) is 0 Å². The molecule has 0 saturated carbocycles. The molecule has 4 atom stereocenters. The van der Waals surface area contributed by atoms with Crippen molar-refractivity contribution in [1.82, 2.24) is 0 Å². The molecular formula is C36H40O5. The zero-order valence-corrected chi connectivity index (χ0v) is 24.0. The summed E-state index contributed by atoms with van der Waals surface area (Å²) in [6, 6.07) is 24.6. The van der Waals surface area contributed by atoms with Crippen molar-refractivity contribution >= 4 is 22.5 Å². The second-order valence-corrected chi connectivity index (χ2v) is 10.9. The molecule has 0 amide bonds. The lowest BCUT2D eigenvalue weighted by molar-refractivity contribution is -0.147. The number of hydrogen-bond donors (Lipinski definition) is 1. The molecule has 5 nitrogen and oxygen atoms in total. The largest absolute Gasteiger partial charge is 0.490 e. The van der Waals surface area contributed by atoms with Crippen LogP contribution in [0.25, 0.3) is 10.8 Å². The van der Waals surface area contributed by atoms with Crippen LogP contribution in [0.5, 0.6) is 5.75 Å². The number of carbonyl (C=O) groups excluding carboxylic acids is 2. The zero-order valence-electron chi connectivity index (χ0n) is 24.0. The Kier molecular flexibility index (Phi) is 11.2. The molecular weight excluding hydrogens is 512 g/mol. The van der Waals surface area contributed by atoms with Gasteiger partial charge in [-0.1, -0.05) is 78.7 Å². The number of rotatable bonds is 13. The van der Waals surface area contributed by atoms with E-state index in [4.69, 9.17) is 9.47 Å². The molecule has 0 bridgehead atoms. The maximum atomic E-state index is 12.8. The van der Waals surface area contributed by atoms with Crippen molar-refractivity contribution in [2.24, 2.45) is 11.8 Å². The van der Waals surface area contributed by atoms with Gasteiger partial charge in [-0.3, -0.25) is 9.59 Å². The molecule has 0 fully saturated rings. The predicted molar refractivity (Wildman–Crippen MR) is 162 cm³/mol. The number of aliphatic hydroxyl groups excluding tert-OH is 1. The first-order valence-electron chi connectivity index (χ1n) is 14.7. The Bertz CT molecular complexity index is 1380. The lowest BCUT2D eigenvalue weighted by atomic mass is 9.85. The summed E-state index contributed by atoms with van der Waals surface area (Å²) in [4.78, 5) is 24.5. The molecule has 1 N–H and O–H groups in total. The minimum atomic E-state index is -0.938. The van der Waals surface area contributed by atoms with Gasteiger partial charge in [-0.15, -0.1) is 5.92 Å². The van der Waals surface area contributed by atoms with E-state index in [-0.39, 0.29) is 35.8 Å². The van der Waals surface area contributed by atoms with Crippen LogP contribution in [0.3, 0.4) is 0 Å². The Morgan fingerprint density at radius 3 is 2.54 bits per heavy atom. The van der Waals surface area contributed by atoms with Gasteiger partial charge in [0.05, 0.1) is 12.2 Å². The minimum absolute atomic E-state index is 0.0271. The molecule has 0 spiro atoms. The van der Waals surface area contributed by atoms with Crippen LogP contribution in [-0.2, 0) is 20.7 Å². The number of fused-ring (bicyclic) bond motifs is 1. The van der Waals surface area contributed by atoms with Crippen LogP contribution in [-0.4, -0.2) is 35.2 Å². The van der Waals surface area contributed by atoms with Gasteiger partial charge >= 0.3 is 5.97 Å². The van der Waals surface area contributed by atoms with E-state index in [1.54, 1.807) is 12.2 Å². The van der Waals surface area contributed by atoms with Gasteiger partial charge in [0.2, 0.25) is 0 Å². The first kappa shape index (κ1) is 30.1. The Balaban J connectivity index is 1.38. The average molecular weight is 553 g/mol. The van der Waals surface area contributed by atoms with E-state index < -0.39 is 6.10 Å². The molecule has 0 aromatic heterocycles. The fraction of sp³-hybridized carbons (Fsp3) is 0.389. The van der Waals surface area contributed by atoms with Crippen LogP contribution < -0.4 is 4.74 Å². The standard InChI is InChI=1S/C36H40O5/c1-26(2)40-36(39)19-8-4-7-17-33(37)32-24-25-34(38)31(32)23-22-29(21-20-27-12-5-3-6-13-27)41-35-18-11-15-28-14-9-10-16-30(28)35/h3,5-6,9-16,18,24-26,29,31-33,37H,4,8,19-23H2,1-2H3/t29-,31+,32-,33?/m0/s1. The van der Waals surface area contributed by atoms with Crippen molar-refractivity contribution in [3.05, 3.63) is 90.5 Å². The quantitative estimate of drug-likeness (QED) is 0.143. The summed E-state index contributed by atoms with van der Waals surface area (Å²) >= 11 is 0. The molecule has 3 aromatic rings. The van der Waals surface area contributed by atoms with E-state index in [0.29, 0.717) is 32.1 Å². The van der Waals surface area contributed by atoms with E-state index in [1.165, 1.54) is 5.56 Å². The highest BCUT2D eigenvalue weighted by Gasteiger charge is 2.34. The number of allylic oxidation sites excluding steroid dienone is 1. The number of ketones is 1. The maximum absolute atomic E-state index is 12.8. The SMILES string of the molecule is CC(C)OC(=O)CCCC#CC(O)[C@H]1C=CC(=O)[C@@H]1CC[C@H](CCc1ccccc1)Oc1cccc2ccccc12. The molecule has 4 rings (SSSR count). The van der Waals surface area contributed by atoms with Gasteiger partial charge in [0.25, 0.3) is 0 Å². The van der Waals surface area contributed by atoms with E-state index >= 15 is 0 Å². The van der Waals surface area contributed by atoms with Crippen molar-refractivity contribution in [1.29, 1.82) is 0 Å². The van der Waals surface area contributed by atoms with Gasteiger partial charge < -0.3 is 14.6 Å². The molecule has 214 valence electrons. The molecule has 1 aliphatic rings. The summed E-state index contributed by atoms with van der Waals surface area (Å²) in [5.74, 6) is 5.83. The van der Waals surface area contributed by atoms with Crippen LogP contribution in [0.15, 0.2) is 84.9 Å². The number of benzene rings is 3. The number of ether oxygens (including phenoxy) is 2. The molecule has 5 heteroatoms. The number of carbonyl (C=O) groups is 2. The summed E-state index contributed by atoms with van der Waals surface area (Å²) in [5, 5.41) is 13.0. The number of hydrogen-bond acceptors (Lipinski definition) is 5. The van der Waals surface area contributed by atoms with Crippen molar-refractivity contribution in [3.8, 4) is 17.6 Å². The Labute approximate surface area is 243 Å². The van der Waals surface area contributed by atoms with Gasteiger partial charge in [-0.2, -0.15) is 0 Å². The highest BCUT2D eigenvalue weighted by atomic mass is 16.5. The molecule has 3 aromatic carbocycles. The van der Waals surface area contributed by atoms with Gasteiger partial charge in [0.1, 0.15) is 11.9 Å². The third kappa shape index (κ3) is 9.06. The molecule has 41 heavy (non-hydrogen) atoms. The highest BCUT2D eigenvalue weighted by molar-refractivity contribution is 5.94. The summed E-state index contributed by atoms with van der Waals surface area (Å²) in [6.45, 7) is 3.64. The van der Waals surface area contributed by atoms with Gasteiger partial charge in [0.15, 0.2) is 5.78 Å². The average Bonchev–Trinajstić information content (AvgIpc) is 3.34. The van der Waals surface area contributed by atoms with Gasteiger partial charge in [-0.05, 0) is 69.0 Å². The van der Waals surface area contributed by atoms with E-state index in [0.717, 1.165) is 29.4 Å². The van der Waals surface area contributed by atoms with Crippen LogP contribution in [0.2, 0.25) is 0 Å². The van der Waals surface area contributed by atoms with Crippen molar-refractivity contribution in [3.63, 3.8) is 0 Å². The molecule has 0 radical (unpaired) electrons. The summed E-state index contributed by atoms with van der Waals surface area (Å²) in [7, 11) is 0. The Morgan fingerprint density at radius 2 is 1.73 bits per heavy atom. The first-order valence-corrected chi connectivity index (χ1v) is 14.7. The van der Waals surface area contributed by atoms with E-state index in [9.17, 15) is 14.7 Å². The summed E-state index contributed by atoms with van der Waals surface area (Å²) in [5.41, 5.74) is 1.25. The number of esters is 1.